The topological polar surface area (TPSA) is 46.6 Å². The minimum atomic E-state index is -0.851. The molecule has 0 aliphatic rings. The van der Waals surface area contributed by atoms with E-state index in [-0.39, 0.29) is 0 Å². The van der Waals surface area contributed by atoms with Crippen molar-refractivity contribution in [3.05, 3.63) is 17.5 Å². The van der Waals surface area contributed by atoms with Crippen LogP contribution in [0.4, 0.5) is 5.00 Å². The van der Waals surface area contributed by atoms with Crippen LogP contribution in [-0.4, -0.2) is 26.0 Å². The van der Waals surface area contributed by atoms with Gasteiger partial charge in [-0.1, -0.05) is 0 Å². The summed E-state index contributed by atoms with van der Waals surface area (Å²) in [5.74, 6) is -1.51. The van der Waals surface area contributed by atoms with Crippen molar-refractivity contribution in [3.63, 3.8) is 0 Å². The minimum absolute atomic E-state index is 0.662. The van der Waals surface area contributed by atoms with E-state index in [9.17, 15) is 9.59 Å². The normalized spacial score (nSPS) is 9.38. The molecule has 0 aliphatic carbocycles. The molecule has 0 fully saturated rings. The second-order valence-electron chi connectivity index (χ2n) is 2.31. The molecule has 0 saturated heterocycles. The summed E-state index contributed by atoms with van der Waals surface area (Å²) in [5.41, 5.74) is 0. The zero-order valence-electron chi connectivity index (χ0n) is 7.31. The van der Waals surface area contributed by atoms with Gasteiger partial charge in [-0.3, -0.25) is 9.69 Å². The van der Waals surface area contributed by atoms with E-state index in [2.05, 4.69) is 4.74 Å². The molecule has 1 aromatic rings. The van der Waals surface area contributed by atoms with Crippen molar-refractivity contribution in [1.82, 2.24) is 0 Å². The molecule has 0 N–H and O–H groups in total. The fourth-order valence-electron chi connectivity index (χ4n) is 0.785. The minimum Gasteiger partial charge on any atom is -0.462 e. The highest BCUT2D eigenvalue weighted by Crippen LogP contribution is 2.19. The van der Waals surface area contributed by atoms with Gasteiger partial charge in [-0.2, -0.15) is 0 Å². The summed E-state index contributed by atoms with van der Waals surface area (Å²) in [6, 6.07) is 3.56. The maximum Gasteiger partial charge on any atom is 0.397 e. The highest BCUT2D eigenvalue weighted by atomic mass is 32.1. The molecule has 13 heavy (non-hydrogen) atoms. The predicted octanol–water partition coefficient (Wildman–Crippen LogP) is 0.884. The highest BCUT2D eigenvalue weighted by molar-refractivity contribution is 7.14. The zero-order chi connectivity index (χ0) is 9.84. The Hall–Kier alpha value is -1.36. The monoisotopic (exact) mass is 199 g/mol. The lowest BCUT2D eigenvalue weighted by Crippen LogP contribution is -2.33. The molecule has 0 atom stereocenters. The van der Waals surface area contributed by atoms with Gasteiger partial charge < -0.3 is 4.74 Å². The number of likely N-dealkylation sites (N-methyl/N-ethyl adjacent to an activating group) is 1. The first kappa shape index (κ1) is 9.73. The molecular weight excluding hydrogens is 190 g/mol. The number of esters is 1. The van der Waals surface area contributed by atoms with Crippen molar-refractivity contribution in [2.45, 2.75) is 0 Å². The van der Waals surface area contributed by atoms with Crippen LogP contribution < -0.4 is 4.90 Å². The van der Waals surface area contributed by atoms with Crippen LogP contribution in [-0.2, 0) is 14.3 Å². The first-order valence-corrected chi connectivity index (χ1v) is 4.44. The van der Waals surface area contributed by atoms with Gasteiger partial charge in [0.25, 0.3) is 0 Å². The Kier molecular flexibility index (Phi) is 3.02. The molecule has 0 radical (unpaired) electrons. The largest absolute Gasteiger partial charge is 0.462 e. The van der Waals surface area contributed by atoms with Crippen molar-refractivity contribution >= 4 is 28.2 Å². The molecule has 1 rings (SSSR count). The number of ether oxygens (including phenoxy) is 1. The summed E-state index contributed by atoms with van der Waals surface area (Å²) in [5, 5.41) is 2.55. The van der Waals surface area contributed by atoms with Gasteiger partial charge in [-0.15, -0.1) is 11.3 Å². The molecule has 1 aromatic heterocycles. The standard InChI is InChI=1S/C8H9NO3S/c1-9(6-4-3-5-13-6)7(10)8(11)12-2/h3-5H,1-2H3. The Balaban J connectivity index is 2.74. The first-order chi connectivity index (χ1) is 6.16. The van der Waals surface area contributed by atoms with Gasteiger partial charge >= 0.3 is 11.9 Å². The number of hydrogen-bond donors (Lipinski definition) is 0. The van der Waals surface area contributed by atoms with Gasteiger partial charge in [0, 0.05) is 7.05 Å². The summed E-state index contributed by atoms with van der Waals surface area (Å²) in [4.78, 5) is 23.3. The molecule has 5 heteroatoms. The molecule has 1 heterocycles. The molecular formula is C8H9NO3S. The van der Waals surface area contributed by atoms with E-state index in [0.29, 0.717) is 0 Å². The van der Waals surface area contributed by atoms with Crippen molar-refractivity contribution in [1.29, 1.82) is 0 Å². The number of rotatable bonds is 1. The molecule has 70 valence electrons. The van der Waals surface area contributed by atoms with Crippen LogP contribution in [0.3, 0.4) is 0 Å². The second kappa shape index (κ2) is 4.04. The van der Waals surface area contributed by atoms with Gasteiger partial charge in [0.1, 0.15) is 0 Å². The zero-order valence-corrected chi connectivity index (χ0v) is 8.13. The van der Waals surface area contributed by atoms with Gasteiger partial charge in [-0.05, 0) is 17.5 Å². The fraction of sp³-hybridized carbons (Fsp3) is 0.250. The molecule has 0 bridgehead atoms. The van der Waals surface area contributed by atoms with Crippen LogP contribution in [0.5, 0.6) is 0 Å². The second-order valence-corrected chi connectivity index (χ2v) is 3.23. The Bertz CT molecular complexity index is 307. The lowest BCUT2D eigenvalue weighted by atomic mass is 10.5. The molecule has 0 aliphatic heterocycles. The van der Waals surface area contributed by atoms with E-state index in [0.717, 1.165) is 5.00 Å². The maximum atomic E-state index is 11.2. The summed E-state index contributed by atoms with van der Waals surface area (Å²) >= 11 is 1.38. The molecule has 4 nitrogen and oxygen atoms in total. The Morgan fingerprint density at radius 1 is 1.54 bits per heavy atom. The number of methoxy groups -OCH3 is 1. The number of hydrogen-bond acceptors (Lipinski definition) is 4. The predicted molar refractivity (Wildman–Crippen MR) is 49.7 cm³/mol. The fourth-order valence-corrected chi connectivity index (χ4v) is 1.48. The lowest BCUT2D eigenvalue weighted by molar-refractivity contribution is -0.151. The molecule has 0 unspecified atom stereocenters. The highest BCUT2D eigenvalue weighted by Gasteiger charge is 2.20. The number of thiophene rings is 1. The smallest absolute Gasteiger partial charge is 0.397 e. The van der Waals surface area contributed by atoms with E-state index in [1.807, 2.05) is 5.38 Å². The van der Waals surface area contributed by atoms with Crippen LogP contribution in [0, 0.1) is 0 Å². The number of nitrogens with zero attached hydrogens (tertiary/aromatic N) is 1. The summed E-state index contributed by atoms with van der Waals surface area (Å²) in [7, 11) is 2.72. The third-order valence-electron chi connectivity index (χ3n) is 1.50. The van der Waals surface area contributed by atoms with E-state index < -0.39 is 11.9 Å². The number of carbonyl (C=O) groups is 2. The van der Waals surface area contributed by atoms with Crippen molar-refractivity contribution in [2.75, 3.05) is 19.1 Å². The third kappa shape index (κ3) is 2.06. The third-order valence-corrected chi connectivity index (χ3v) is 2.45. The van der Waals surface area contributed by atoms with Crippen LogP contribution in [0.1, 0.15) is 0 Å². The molecule has 0 spiro atoms. The number of carbonyl (C=O) groups excluding carboxylic acids is 2. The van der Waals surface area contributed by atoms with Crippen LogP contribution in [0.15, 0.2) is 17.5 Å². The average Bonchev–Trinajstić information content (AvgIpc) is 2.67. The first-order valence-electron chi connectivity index (χ1n) is 3.56. The van der Waals surface area contributed by atoms with E-state index in [1.54, 1.807) is 12.1 Å². The van der Waals surface area contributed by atoms with Crippen LogP contribution >= 0.6 is 11.3 Å². The lowest BCUT2D eigenvalue weighted by Gasteiger charge is -2.12. The Labute approximate surface area is 79.7 Å². The SMILES string of the molecule is COC(=O)C(=O)N(C)c1cccs1. The average molecular weight is 199 g/mol. The Morgan fingerprint density at radius 3 is 2.69 bits per heavy atom. The van der Waals surface area contributed by atoms with Crippen molar-refractivity contribution < 1.29 is 14.3 Å². The molecule has 0 aromatic carbocycles. The van der Waals surface area contributed by atoms with Crippen molar-refractivity contribution in [3.8, 4) is 0 Å². The van der Waals surface area contributed by atoms with Crippen LogP contribution in [0.2, 0.25) is 0 Å². The summed E-state index contributed by atoms with van der Waals surface area (Å²) in [6.45, 7) is 0. The van der Waals surface area contributed by atoms with E-state index in [4.69, 9.17) is 0 Å². The maximum absolute atomic E-state index is 11.2. The van der Waals surface area contributed by atoms with Crippen molar-refractivity contribution in [2.24, 2.45) is 0 Å². The van der Waals surface area contributed by atoms with Gasteiger partial charge in [0.05, 0.1) is 12.1 Å². The van der Waals surface area contributed by atoms with Gasteiger partial charge in [0.2, 0.25) is 0 Å². The molecule has 0 saturated carbocycles. The Morgan fingerprint density at radius 2 is 2.23 bits per heavy atom. The number of amides is 1. The van der Waals surface area contributed by atoms with Crippen LogP contribution in [0.25, 0.3) is 0 Å². The molecule has 1 amide bonds. The van der Waals surface area contributed by atoms with E-state index >= 15 is 0 Å². The van der Waals surface area contributed by atoms with E-state index in [1.165, 1.54) is 30.4 Å². The van der Waals surface area contributed by atoms with Gasteiger partial charge in [-0.25, -0.2) is 4.79 Å². The quantitative estimate of drug-likeness (QED) is 0.498. The summed E-state index contributed by atoms with van der Waals surface area (Å²) < 4.78 is 4.31. The van der Waals surface area contributed by atoms with Gasteiger partial charge in [0.15, 0.2) is 0 Å². The summed E-state index contributed by atoms with van der Waals surface area (Å²) in [6.07, 6.45) is 0. The number of anilines is 1.